The fourth-order valence-electron chi connectivity index (χ4n) is 7.83. The summed E-state index contributed by atoms with van der Waals surface area (Å²) in [4.78, 5) is 2.67. The van der Waals surface area contributed by atoms with Crippen molar-refractivity contribution in [3.05, 3.63) is 25.3 Å². The summed E-state index contributed by atoms with van der Waals surface area (Å²) in [5, 5.41) is 0. The van der Waals surface area contributed by atoms with Crippen molar-refractivity contribution in [2.24, 2.45) is 46.8 Å². The van der Waals surface area contributed by atoms with E-state index >= 15 is 0 Å². The van der Waals surface area contributed by atoms with Crippen molar-refractivity contribution in [2.45, 2.75) is 91.5 Å². The van der Waals surface area contributed by atoms with Crippen LogP contribution in [0, 0.1) is 46.8 Å². The smallest absolute Gasteiger partial charge is 0.00668 e. The predicted octanol–water partition coefficient (Wildman–Crippen LogP) is 7.59. The maximum Gasteiger partial charge on any atom is 0.00668 e. The second kappa shape index (κ2) is 9.71. The molecule has 0 bridgehead atoms. The highest BCUT2D eigenvalue weighted by Crippen LogP contribution is 2.70. The average molecular weight is 400 g/mol. The van der Waals surface area contributed by atoms with Crippen molar-refractivity contribution in [1.29, 1.82) is 0 Å². The minimum absolute atomic E-state index is 0.549. The number of rotatable bonds is 7. The van der Waals surface area contributed by atoms with Crippen LogP contribution in [0.3, 0.4) is 0 Å². The highest BCUT2D eigenvalue weighted by Gasteiger charge is 2.63. The normalized spacial score (nSPS) is 42.8. The van der Waals surface area contributed by atoms with E-state index in [2.05, 4.69) is 65.0 Å². The molecular formula is C28H49N. The minimum Gasteiger partial charge on any atom is -0.303 e. The number of fused-ring (bicyclic) bond motifs is 1. The molecule has 3 fully saturated rings. The van der Waals surface area contributed by atoms with Crippen molar-refractivity contribution in [3.8, 4) is 0 Å². The Morgan fingerprint density at radius 3 is 2.31 bits per heavy atom. The molecule has 0 aromatic rings. The monoisotopic (exact) mass is 399 g/mol. The summed E-state index contributed by atoms with van der Waals surface area (Å²) in [7, 11) is 2.38. The standard InChI is InChI=1S/C28H49N/c1-8-11-23(9-2)17-26-15-20(4)14-21(5)19-29(7)22(6)16-27-18-24(10-3)28(26,27)25-12-13-25/h8,10,20-27H,1,3,9,11-19H2,2,4-7H3/t20?,21?,22?,23?,24?,26?,27-,28?/m0/s1. The summed E-state index contributed by atoms with van der Waals surface area (Å²) in [6, 6.07) is 0.704. The molecule has 7 unspecified atom stereocenters. The molecule has 0 N–H and O–H groups in total. The lowest BCUT2D eigenvalue weighted by atomic mass is 9.42. The van der Waals surface area contributed by atoms with Gasteiger partial charge in [0.15, 0.2) is 0 Å². The molecule has 0 spiro atoms. The van der Waals surface area contributed by atoms with Gasteiger partial charge < -0.3 is 4.90 Å². The molecule has 3 aliphatic rings. The zero-order chi connectivity index (χ0) is 21.2. The highest BCUT2D eigenvalue weighted by atomic mass is 15.1. The highest BCUT2D eigenvalue weighted by molar-refractivity contribution is 5.17. The van der Waals surface area contributed by atoms with Crippen molar-refractivity contribution >= 4 is 0 Å². The van der Waals surface area contributed by atoms with E-state index < -0.39 is 0 Å². The zero-order valence-corrected chi connectivity index (χ0v) is 20.2. The number of hydrogen-bond donors (Lipinski definition) is 0. The SMILES string of the molecule is C=CCC(CC)CC1CC(C)CC(C)CN(C)C(C)C[C@H]2CC(C=C)C12C1CC1. The third-order valence-corrected chi connectivity index (χ3v) is 9.33. The summed E-state index contributed by atoms with van der Waals surface area (Å²) < 4.78 is 0. The van der Waals surface area contributed by atoms with Crippen LogP contribution in [-0.4, -0.2) is 24.5 Å². The zero-order valence-electron chi connectivity index (χ0n) is 20.2. The number of nitrogens with zero attached hydrogens (tertiary/aromatic N) is 1. The van der Waals surface area contributed by atoms with Gasteiger partial charge in [0.1, 0.15) is 0 Å². The van der Waals surface area contributed by atoms with E-state index in [4.69, 9.17) is 0 Å². The second-order valence-electron chi connectivity index (χ2n) is 11.5. The first kappa shape index (κ1) is 23.1. The molecule has 1 aliphatic heterocycles. The molecule has 2 saturated carbocycles. The largest absolute Gasteiger partial charge is 0.303 e. The molecule has 8 atom stereocenters. The van der Waals surface area contributed by atoms with Gasteiger partial charge in [-0.25, -0.2) is 0 Å². The average Bonchev–Trinajstić information content (AvgIpc) is 3.48. The van der Waals surface area contributed by atoms with Gasteiger partial charge in [-0.15, -0.1) is 13.2 Å². The Bertz CT molecular complexity index is 549. The Kier molecular flexibility index (Phi) is 7.74. The molecule has 0 aromatic carbocycles. The quantitative estimate of drug-likeness (QED) is 0.398. The molecule has 1 heteroatoms. The van der Waals surface area contributed by atoms with E-state index in [1.54, 1.807) is 0 Å². The summed E-state index contributed by atoms with van der Waals surface area (Å²) in [6.45, 7) is 19.6. The van der Waals surface area contributed by atoms with Gasteiger partial charge in [0.2, 0.25) is 0 Å². The van der Waals surface area contributed by atoms with Gasteiger partial charge in [0, 0.05) is 12.6 Å². The lowest BCUT2D eigenvalue weighted by Crippen LogP contribution is -2.56. The molecule has 3 rings (SSSR count). The Balaban J connectivity index is 1.97. The first-order valence-corrected chi connectivity index (χ1v) is 12.8. The van der Waals surface area contributed by atoms with Crippen LogP contribution in [0.15, 0.2) is 25.3 Å². The van der Waals surface area contributed by atoms with Gasteiger partial charge in [0.05, 0.1) is 0 Å². The van der Waals surface area contributed by atoms with Crippen molar-refractivity contribution in [3.63, 3.8) is 0 Å². The number of allylic oxidation sites excluding steroid dienone is 2. The van der Waals surface area contributed by atoms with Crippen LogP contribution < -0.4 is 0 Å². The molecule has 0 radical (unpaired) electrons. The first-order valence-electron chi connectivity index (χ1n) is 12.8. The molecule has 0 amide bonds. The third kappa shape index (κ3) is 4.70. The van der Waals surface area contributed by atoms with Crippen LogP contribution >= 0.6 is 0 Å². The van der Waals surface area contributed by atoms with Gasteiger partial charge >= 0.3 is 0 Å². The van der Waals surface area contributed by atoms with E-state index in [1.165, 1.54) is 64.3 Å². The Hall–Kier alpha value is -0.560. The van der Waals surface area contributed by atoms with Crippen LogP contribution in [0.2, 0.25) is 0 Å². The predicted molar refractivity (Wildman–Crippen MR) is 128 cm³/mol. The Morgan fingerprint density at radius 1 is 1.00 bits per heavy atom. The fraction of sp³-hybridized carbons (Fsp3) is 0.857. The van der Waals surface area contributed by atoms with E-state index in [0.717, 1.165) is 41.4 Å². The van der Waals surface area contributed by atoms with Crippen molar-refractivity contribution < 1.29 is 0 Å². The van der Waals surface area contributed by atoms with E-state index in [-0.39, 0.29) is 0 Å². The molecule has 166 valence electrons. The van der Waals surface area contributed by atoms with Crippen molar-refractivity contribution in [2.75, 3.05) is 13.6 Å². The Morgan fingerprint density at radius 2 is 1.72 bits per heavy atom. The van der Waals surface area contributed by atoms with Gasteiger partial charge in [-0.05, 0) is 112 Å². The van der Waals surface area contributed by atoms with Gasteiger partial charge in [0.25, 0.3) is 0 Å². The van der Waals surface area contributed by atoms with Gasteiger partial charge in [-0.2, -0.15) is 0 Å². The second-order valence-corrected chi connectivity index (χ2v) is 11.5. The Labute approximate surface area is 182 Å². The topological polar surface area (TPSA) is 3.24 Å². The van der Waals surface area contributed by atoms with E-state index in [9.17, 15) is 0 Å². The molecule has 2 aliphatic carbocycles. The lowest BCUT2D eigenvalue weighted by Gasteiger charge is -2.62. The van der Waals surface area contributed by atoms with E-state index in [1.807, 2.05) is 0 Å². The van der Waals surface area contributed by atoms with Crippen LogP contribution in [-0.2, 0) is 0 Å². The molecule has 1 nitrogen and oxygen atoms in total. The van der Waals surface area contributed by atoms with Gasteiger partial charge in [-0.3, -0.25) is 0 Å². The summed E-state index contributed by atoms with van der Waals surface area (Å²) in [5.41, 5.74) is 0.549. The summed E-state index contributed by atoms with van der Waals surface area (Å²) >= 11 is 0. The van der Waals surface area contributed by atoms with E-state index in [0.29, 0.717) is 11.5 Å². The minimum atomic E-state index is 0.549. The maximum absolute atomic E-state index is 4.35. The molecule has 0 aromatic heterocycles. The van der Waals surface area contributed by atoms with Crippen LogP contribution in [0.4, 0.5) is 0 Å². The molecule has 1 saturated heterocycles. The first-order chi connectivity index (χ1) is 13.9. The lowest BCUT2D eigenvalue weighted by molar-refractivity contribution is -0.122. The van der Waals surface area contributed by atoms with Gasteiger partial charge in [-0.1, -0.05) is 39.3 Å². The fourth-order valence-corrected chi connectivity index (χ4v) is 7.83. The number of hydrogen-bond acceptors (Lipinski definition) is 1. The third-order valence-electron chi connectivity index (χ3n) is 9.33. The van der Waals surface area contributed by atoms with Crippen molar-refractivity contribution in [1.82, 2.24) is 4.90 Å². The summed E-state index contributed by atoms with van der Waals surface area (Å²) in [5.74, 6) is 5.96. The molecule has 1 heterocycles. The van der Waals surface area contributed by atoms with Crippen LogP contribution in [0.25, 0.3) is 0 Å². The molecule has 29 heavy (non-hydrogen) atoms. The van der Waals surface area contributed by atoms with Crippen LogP contribution in [0.1, 0.15) is 85.5 Å². The summed E-state index contributed by atoms with van der Waals surface area (Å²) in [6.07, 6.45) is 17.0. The van der Waals surface area contributed by atoms with Crippen LogP contribution in [0.5, 0.6) is 0 Å². The molecular weight excluding hydrogens is 350 g/mol. The maximum atomic E-state index is 4.35.